The molecule has 0 unspecified atom stereocenters. The molecule has 2 rings (SSSR count). The number of aromatic nitrogens is 4. The predicted molar refractivity (Wildman–Crippen MR) is 87.2 cm³/mol. The van der Waals surface area contributed by atoms with Gasteiger partial charge < -0.3 is 31.9 Å². The summed E-state index contributed by atoms with van der Waals surface area (Å²) in [6.07, 6.45) is 1.79. The molecule has 0 saturated carbocycles. The number of amides is 1. The number of hydrogen-bond donors (Lipinski definition) is 5. The minimum Gasteiger partial charge on any atom is -0.480 e. The van der Waals surface area contributed by atoms with Crippen molar-refractivity contribution in [2.24, 2.45) is 5.92 Å². The summed E-state index contributed by atoms with van der Waals surface area (Å²) in [7, 11) is 0. The number of carbonyl (C=O) groups excluding carboxylic acids is 1. The number of nitrogens with zero attached hydrogens (tertiary/aromatic N) is 3. The van der Waals surface area contributed by atoms with Crippen molar-refractivity contribution >= 4 is 34.8 Å². The maximum absolute atomic E-state index is 11.9. The Hall–Kier alpha value is -2.95. The number of rotatable bonds is 7. The van der Waals surface area contributed by atoms with Crippen LogP contribution >= 0.6 is 0 Å². The van der Waals surface area contributed by atoms with E-state index in [1.807, 2.05) is 13.8 Å². The van der Waals surface area contributed by atoms with Crippen LogP contribution in [0.25, 0.3) is 11.2 Å². The number of nitrogen functional groups attached to an aromatic ring is 1. The fourth-order valence-corrected chi connectivity index (χ4v) is 2.08. The van der Waals surface area contributed by atoms with Gasteiger partial charge in [0.05, 0.1) is 12.9 Å². The zero-order valence-electron chi connectivity index (χ0n) is 13.3. The second kappa shape index (κ2) is 8.06. The zero-order valence-corrected chi connectivity index (χ0v) is 13.3. The van der Waals surface area contributed by atoms with Crippen molar-refractivity contribution in [3.8, 4) is 0 Å². The molecule has 0 aromatic carbocycles. The third-order valence-electron chi connectivity index (χ3n) is 3.06. The molecule has 0 spiro atoms. The molecule has 11 nitrogen and oxygen atoms in total. The normalized spacial score (nSPS) is 11.8. The molecule has 2 heterocycles. The average molecular weight is 339 g/mol. The number of nitrogens with two attached hydrogens (primary N) is 1. The molecule has 0 saturated heterocycles. The summed E-state index contributed by atoms with van der Waals surface area (Å²) in [5, 5.41) is 14.4. The van der Waals surface area contributed by atoms with Crippen LogP contribution in [0.5, 0.6) is 0 Å². The van der Waals surface area contributed by atoms with Gasteiger partial charge in [-0.3, -0.25) is 4.79 Å². The molecule has 2 aromatic heterocycles. The molecule has 8 N–H and O–H groups in total. The number of anilines is 2. The lowest BCUT2D eigenvalue weighted by Gasteiger charge is -2.16. The van der Waals surface area contributed by atoms with E-state index in [1.165, 1.54) is 6.33 Å². The number of aliphatic carboxylic acids is 1. The van der Waals surface area contributed by atoms with E-state index in [2.05, 4.69) is 30.6 Å². The highest BCUT2D eigenvalue weighted by molar-refractivity contribution is 5.89. The van der Waals surface area contributed by atoms with E-state index >= 15 is 0 Å². The van der Waals surface area contributed by atoms with Crippen LogP contribution in [0.15, 0.2) is 6.33 Å². The maximum atomic E-state index is 11.9. The number of fused-ring (bicyclic) bond motifs is 1. The van der Waals surface area contributed by atoms with Crippen LogP contribution in [0.3, 0.4) is 0 Å². The molecular weight excluding hydrogens is 318 g/mol. The fraction of sp³-hybridized carbons (Fsp3) is 0.462. The third-order valence-corrected chi connectivity index (χ3v) is 3.06. The fourth-order valence-electron chi connectivity index (χ4n) is 2.08. The van der Waals surface area contributed by atoms with Crippen LogP contribution in [-0.4, -0.2) is 55.0 Å². The van der Waals surface area contributed by atoms with Crippen molar-refractivity contribution in [2.45, 2.75) is 26.3 Å². The molecule has 0 aliphatic carbocycles. The number of H-pyrrole nitrogens is 1. The van der Waals surface area contributed by atoms with Gasteiger partial charge in [0.15, 0.2) is 11.5 Å². The van der Waals surface area contributed by atoms with E-state index in [4.69, 9.17) is 10.8 Å². The van der Waals surface area contributed by atoms with Gasteiger partial charge in [0.2, 0.25) is 11.9 Å². The number of carbonyl (C=O) groups is 2. The van der Waals surface area contributed by atoms with Crippen molar-refractivity contribution < 1.29 is 20.2 Å². The Balaban J connectivity index is 0.00000288. The average Bonchev–Trinajstić information content (AvgIpc) is 2.91. The van der Waals surface area contributed by atoms with E-state index in [-0.39, 0.29) is 23.9 Å². The molecular formula is C13H21N7O4. The molecule has 24 heavy (non-hydrogen) atoms. The summed E-state index contributed by atoms with van der Waals surface area (Å²) in [6, 6.07) is -0.924. The summed E-state index contributed by atoms with van der Waals surface area (Å²) in [6.45, 7) is 3.63. The molecule has 2 aromatic rings. The maximum Gasteiger partial charge on any atom is 0.326 e. The van der Waals surface area contributed by atoms with Crippen LogP contribution in [0, 0.1) is 5.92 Å². The van der Waals surface area contributed by atoms with Crippen molar-refractivity contribution in [1.29, 1.82) is 0 Å². The largest absolute Gasteiger partial charge is 0.480 e. The van der Waals surface area contributed by atoms with Crippen molar-refractivity contribution in [1.82, 2.24) is 25.3 Å². The first-order valence-electron chi connectivity index (χ1n) is 7.09. The highest BCUT2D eigenvalue weighted by Crippen LogP contribution is 2.16. The number of aromatic amines is 1. The second-order valence-corrected chi connectivity index (χ2v) is 5.47. The number of hydrogen-bond acceptors (Lipinski definition) is 7. The number of imidazole rings is 1. The molecule has 0 fully saturated rings. The van der Waals surface area contributed by atoms with Crippen LogP contribution in [0.4, 0.5) is 11.8 Å². The van der Waals surface area contributed by atoms with Crippen molar-refractivity contribution in [3.63, 3.8) is 0 Å². The highest BCUT2D eigenvalue weighted by Gasteiger charge is 2.21. The lowest BCUT2D eigenvalue weighted by Crippen LogP contribution is -2.44. The molecule has 11 heteroatoms. The van der Waals surface area contributed by atoms with Gasteiger partial charge >= 0.3 is 5.97 Å². The SMILES string of the molecule is CC(C)C[C@H](NC(=O)CNc1nc(N)nc2nc[nH]c12)C(=O)O.O. The van der Waals surface area contributed by atoms with Gasteiger partial charge in [-0.1, -0.05) is 13.8 Å². The van der Waals surface area contributed by atoms with Gasteiger partial charge in [-0.2, -0.15) is 9.97 Å². The van der Waals surface area contributed by atoms with E-state index < -0.39 is 17.9 Å². The highest BCUT2D eigenvalue weighted by atomic mass is 16.4. The Labute approximate surface area is 137 Å². The summed E-state index contributed by atoms with van der Waals surface area (Å²) >= 11 is 0. The first-order valence-corrected chi connectivity index (χ1v) is 7.09. The van der Waals surface area contributed by atoms with Gasteiger partial charge in [-0.05, 0) is 12.3 Å². The monoisotopic (exact) mass is 339 g/mol. The van der Waals surface area contributed by atoms with Crippen LogP contribution in [0.2, 0.25) is 0 Å². The second-order valence-electron chi connectivity index (χ2n) is 5.47. The number of nitrogens with one attached hydrogen (secondary N) is 3. The quantitative estimate of drug-likeness (QED) is 0.430. The molecule has 0 aliphatic rings. The van der Waals surface area contributed by atoms with Crippen LogP contribution in [0.1, 0.15) is 20.3 Å². The number of carboxylic acid groups (broad SMARTS) is 1. The topological polar surface area (TPSA) is 190 Å². The van der Waals surface area contributed by atoms with Gasteiger partial charge in [-0.25, -0.2) is 9.78 Å². The minimum atomic E-state index is -1.06. The standard InChI is InChI=1S/C13H19N7O3.H2O/c1-6(2)3-7(12(22)23)18-8(21)4-15-10-9-11(17-5-16-9)20-13(14)19-10;/h5-7H,3-4H2,1-2H3,(H,18,21)(H,22,23)(H4,14,15,16,17,19,20);1H2/t7-;/m0./s1. The third kappa shape index (κ3) is 4.78. The first-order chi connectivity index (χ1) is 10.9. The Kier molecular flexibility index (Phi) is 6.41. The summed E-state index contributed by atoms with van der Waals surface area (Å²) in [4.78, 5) is 37.8. The van der Waals surface area contributed by atoms with E-state index in [0.717, 1.165) is 0 Å². The molecule has 1 amide bonds. The lowest BCUT2D eigenvalue weighted by atomic mass is 10.0. The smallest absolute Gasteiger partial charge is 0.326 e. The van der Waals surface area contributed by atoms with E-state index in [1.54, 1.807) is 0 Å². The Morgan fingerprint density at radius 2 is 2.08 bits per heavy atom. The predicted octanol–water partition coefficient (Wildman–Crippen LogP) is -0.862. The Morgan fingerprint density at radius 3 is 2.71 bits per heavy atom. The lowest BCUT2D eigenvalue weighted by molar-refractivity contribution is -0.142. The molecule has 0 radical (unpaired) electrons. The van der Waals surface area contributed by atoms with Gasteiger partial charge in [-0.15, -0.1) is 0 Å². The van der Waals surface area contributed by atoms with E-state index in [9.17, 15) is 9.59 Å². The summed E-state index contributed by atoms with van der Waals surface area (Å²) < 4.78 is 0. The molecule has 0 aliphatic heterocycles. The van der Waals surface area contributed by atoms with E-state index in [0.29, 0.717) is 23.4 Å². The number of carboxylic acids is 1. The first kappa shape index (κ1) is 19.1. The molecule has 1 atom stereocenters. The van der Waals surface area contributed by atoms with Crippen molar-refractivity contribution in [2.75, 3.05) is 17.6 Å². The Bertz CT molecular complexity index is 715. The summed E-state index contributed by atoms with van der Waals surface area (Å²) in [5.41, 5.74) is 6.47. The Morgan fingerprint density at radius 1 is 1.38 bits per heavy atom. The van der Waals surface area contributed by atoms with Crippen LogP contribution in [-0.2, 0) is 9.59 Å². The zero-order chi connectivity index (χ0) is 17.0. The van der Waals surface area contributed by atoms with Gasteiger partial charge in [0, 0.05) is 0 Å². The van der Waals surface area contributed by atoms with Crippen molar-refractivity contribution in [3.05, 3.63) is 6.33 Å². The van der Waals surface area contributed by atoms with Crippen LogP contribution < -0.4 is 16.4 Å². The molecule has 132 valence electrons. The summed E-state index contributed by atoms with van der Waals surface area (Å²) in [5.74, 6) is -1.01. The van der Waals surface area contributed by atoms with Gasteiger partial charge in [0.25, 0.3) is 0 Å². The minimum absolute atomic E-state index is 0. The molecule has 0 bridgehead atoms. The van der Waals surface area contributed by atoms with Gasteiger partial charge in [0.1, 0.15) is 11.6 Å².